The third-order valence-corrected chi connectivity index (χ3v) is 7.14. The van der Waals surface area contributed by atoms with Gasteiger partial charge in [-0.05, 0) is 31.6 Å². The molecule has 2 rings (SSSR count). The molecule has 1 saturated carbocycles. The highest BCUT2D eigenvalue weighted by Crippen LogP contribution is 2.34. The number of ether oxygens (including phenoxy) is 1. The lowest BCUT2D eigenvalue weighted by Gasteiger charge is -2.12. The maximum absolute atomic E-state index is 12.2. The van der Waals surface area contributed by atoms with Crippen LogP contribution in [0.25, 0.3) is 0 Å². The van der Waals surface area contributed by atoms with Gasteiger partial charge in [0.05, 0.1) is 6.61 Å². The summed E-state index contributed by atoms with van der Waals surface area (Å²) in [5.41, 5.74) is 0. The third kappa shape index (κ3) is 10.9. The van der Waals surface area contributed by atoms with E-state index >= 15 is 0 Å². The van der Waals surface area contributed by atoms with Crippen molar-refractivity contribution in [2.75, 3.05) is 6.61 Å². The molecule has 2 aliphatic rings. The first kappa shape index (κ1) is 24.7. The molecule has 3 atom stereocenters. The van der Waals surface area contributed by atoms with Gasteiger partial charge < -0.3 is 10.1 Å². The summed E-state index contributed by atoms with van der Waals surface area (Å²) in [5, 5.41) is 3.48. The van der Waals surface area contributed by atoms with E-state index in [0.29, 0.717) is 12.6 Å². The minimum atomic E-state index is -0.0219. The molecule has 1 heterocycles. The van der Waals surface area contributed by atoms with Crippen molar-refractivity contribution >= 4 is 5.97 Å². The van der Waals surface area contributed by atoms with Crippen molar-refractivity contribution in [1.82, 2.24) is 5.32 Å². The van der Waals surface area contributed by atoms with Gasteiger partial charge in [-0.25, -0.2) is 0 Å². The maximum atomic E-state index is 12.2. The summed E-state index contributed by atoms with van der Waals surface area (Å²) in [5.74, 6) is 0.725. The quantitative estimate of drug-likeness (QED) is 0.191. The number of esters is 1. The standard InChI is InChI=1S/C26H49NO2/c1-2-3-4-5-6-7-8-9-10-11-12-13-14-15-16-17-21-29-26(28)25-22-23-19-18-20-24(23)27-25/h23-25,27H,2-22H2,1H3/t23-,24+,25-/m0/s1. The molecule has 0 aromatic carbocycles. The maximum Gasteiger partial charge on any atom is 0.323 e. The van der Waals surface area contributed by atoms with Crippen molar-refractivity contribution in [3.05, 3.63) is 0 Å². The number of nitrogens with one attached hydrogen (secondary N) is 1. The van der Waals surface area contributed by atoms with Crippen LogP contribution in [0.2, 0.25) is 0 Å². The van der Waals surface area contributed by atoms with Gasteiger partial charge in [-0.1, -0.05) is 110 Å². The van der Waals surface area contributed by atoms with Crippen LogP contribution in [-0.2, 0) is 9.53 Å². The van der Waals surface area contributed by atoms with Crippen molar-refractivity contribution in [3.63, 3.8) is 0 Å². The minimum absolute atomic E-state index is 0.000333. The number of hydrogen-bond acceptors (Lipinski definition) is 3. The summed E-state index contributed by atoms with van der Waals surface area (Å²) in [7, 11) is 0. The Labute approximate surface area is 181 Å². The van der Waals surface area contributed by atoms with Gasteiger partial charge in [-0.2, -0.15) is 0 Å². The lowest BCUT2D eigenvalue weighted by atomic mass is 10.0. The van der Waals surface area contributed by atoms with E-state index in [4.69, 9.17) is 4.74 Å². The zero-order chi connectivity index (χ0) is 20.6. The molecule has 29 heavy (non-hydrogen) atoms. The summed E-state index contributed by atoms with van der Waals surface area (Å²) in [4.78, 5) is 12.2. The topological polar surface area (TPSA) is 38.3 Å². The van der Waals surface area contributed by atoms with E-state index in [1.165, 1.54) is 116 Å². The highest BCUT2D eigenvalue weighted by molar-refractivity contribution is 5.76. The van der Waals surface area contributed by atoms with Gasteiger partial charge in [-0.15, -0.1) is 0 Å². The Morgan fingerprint density at radius 3 is 1.79 bits per heavy atom. The van der Waals surface area contributed by atoms with Gasteiger partial charge in [-0.3, -0.25) is 4.79 Å². The van der Waals surface area contributed by atoms with Crippen LogP contribution in [0.1, 0.15) is 135 Å². The molecule has 1 aliphatic carbocycles. The SMILES string of the molecule is CCCCCCCCCCCCCCCCCCOC(=O)[C@@H]1C[C@@H]2CCC[C@H]2N1. The van der Waals surface area contributed by atoms with Gasteiger partial charge in [0.25, 0.3) is 0 Å². The van der Waals surface area contributed by atoms with Crippen LogP contribution in [-0.4, -0.2) is 24.7 Å². The van der Waals surface area contributed by atoms with E-state index in [0.717, 1.165) is 18.8 Å². The van der Waals surface area contributed by atoms with Crippen molar-refractivity contribution in [2.45, 2.75) is 147 Å². The Bertz CT molecular complexity index is 400. The molecule has 0 amide bonds. The summed E-state index contributed by atoms with van der Waals surface area (Å²) >= 11 is 0. The van der Waals surface area contributed by atoms with Gasteiger partial charge >= 0.3 is 5.97 Å². The summed E-state index contributed by atoms with van der Waals surface area (Å²) in [6.45, 7) is 2.90. The molecule has 1 aliphatic heterocycles. The summed E-state index contributed by atoms with van der Waals surface area (Å²) < 4.78 is 5.51. The number of carbonyl (C=O) groups excluding carboxylic acids is 1. The summed E-state index contributed by atoms with van der Waals surface area (Å²) in [6.07, 6.45) is 26.8. The van der Waals surface area contributed by atoms with E-state index in [1.807, 2.05) is 0 Å². The average Bonchev–Trinajstić information content (AvgIpc) is 3.32. The minimum Gasteiger partial charge on any atom is -0.465 e. The van der Waals surface area contributed by atoms with E-state index in [2.05, 4.69) is 12.2 Å². The predicted octanol–water partition coefficient (Wildman–Crippen LogP) is 7.32. The summed E-state index contributed by atoms with van der Waals surface area (Å²) in [6, 6.07) is 0.564. The number of rotatable bonds is 18. The molecule has 3 nitrogen and oxygen atoms in total. The van der Waals surface area contributed by atoms with Gasteiger partial charge in [0.2, 0.25) is 0 Å². The van der Waals surface area contributed by atoms with Crippen LogP contribution in [0, 0.1) is 5.92 Å². The molecule has 3 heteroatoms. The first-order chi connectivity index (χ1) is 14.3. The molecule has 0 radical (unpaired) electrons. The molecule has 170 valence electrons. The second kappa shape index (κ2) is 16.2. The lowest BCUT2D eigenvalue weighted by Crippen LogP contribution is -2.36. The van der Waals surface area contributed by atoms with E-state index in [1.54, 1.807) is 0 Å². The van der Waals surface area contributed by atoms with Crippen molar-refractivity contribution < 1.29 is 9.53 Å². The van der Waals surface area contributed by atoms with Crippen LogP contribution in [0.4, 0.5) is 0 Å². The normalized spacial score (nSPS) is 23.4. The van der Waals surface area contributed by atoms with Crippen LogP contribution >= 0.6 is 0 Å². The number of carbonyl (C=O) groups is 1. The molecule has 2 fully saturated rings. The highest BCUT2D eigenvalue weighted by Gasteiger charge is 2.40. The molecule has 0 unspecified atom stereocenters. The number of unbranched alkanes of at least 4 members (excludes halogenated alkanes) is 15. The molecule has 1 saturated heterocycles. The van der Waals surface area contributed by atoms with Crippen LogP contribution in [0.15, 0.2) is 0 Å². The Morgan fingerprint density at radius 1 is 0.759 bits per heavy atom. The van der Waals surface area contributed by atoms with Gasteiger partial charge in [0.15, 0.2) is 0 Å². The average molecular weight is 408 g/mol. The molecule has 0 aromatic heterocycles. The Balaban J connectivity index is 1.26. The predicted molar refractivity (Wildman–Crippen MR) is 123 cm³/mol. The first-order valence-corrected chi connectivity index (χ1v) is 13.2. The van der Waals surface area contributed by atoms with E-state index < -0.39 is 0 Å². The first-order valence-electron chi connectivity index (χ1n) is 13.2. The van der Waals surface area contributed by atoms with Crippen molar-refractivity contribution in [1.29, 1.82) is 0 Å². The second-order valence-electron chi connectivity index (χ2n) is 9.72. The largest absolute Gasteiger partial charge is 0.465 e. The Kier molecular flexibility index (Phi) is 13.8. The number of hydrogen-bond donors (Lipinski definition) is 1. The fourth-order valence-electron chi connectivity index (χ4n) is 5.26. The molecular weight excluding hydrogens is 358 g/mol. The zero-order valence-corrected chi connectivity index (χ0v) is 19.4. The van der Waals surface area contributed by atoms with Crippen LogP contribution < -0.4 is 5.32 Å². The Hall–Kier alpha value is -0.570. The highest BCUT2D eigenvalue weighted by atomic mass is 16.5. The van der Waals surface area contributed by atoms with Crippen LogP contribution in [0.3, 0.4) is 0 Å². The molecule has 1 N–H and O–H groups in total. The fourth-order valence-corrected chi connectivity index (χ4v) is 5.26. The lowest BCUT2D eigenvalue weighted by molar-refractivity contribution is -0.146. The van der Waals surface area contributed by atoms with E-state index in [-0.39, 0.29) is 12.0 Å². The van der Waals surface area contributed by atoms with Gasteiger partial charge in [0.1, 0.15) is 6.04 Å². The molecular formula is C26H49NO2. The van der Waals surface area contributed by atoms with Gasteiger partial charge in [0, 0.05) is 6.04 Å². The van der Waals surface area contributed by atoms with E-state index in [9.17, 15) is 4.79 Å². The smallest absolute Gasteiger partial charge is 0.323 e. The van der Waals surface area contributed by atoms with Crippen molar-refractivity contribution in [2.24, 2.45) is 5.92 Å². The molecule has 0 spiro atoms. The monoisotopic (exact) mass is 407 g/mol. The zero-order valence-electron chi connectivity index (χ0n) is 19.4. The molecule has 0 aromatic rings. The van der Waals surface area contributed by atoms with Crippen molar-refractivity contribution in [3.8, 4) is 0 Å². The fraction of sp³-hybridized carbons (Fsp3) is 0.962. The second-order valence-corrected chi connectivity index (χ2v) is 9.72. The van der Waals surface area contributed by atoms with Crippen LogP contribution in [0.5, 0.6) is 0 Å². The third-order valence-electron chi connectivity index (χ3n) is 7.14. The number of fused-ring (bicyclic) bond motifs is 1. The molecule has 0 bridgehead atoms. The Morgan fingerprint density at radius 2 is 1.28 bits per heavy atom.